The average molecular weight is 411 g/mol. The topological polar surface area (TPSA) is 87.0 Å². The molecule has 0 radical (unpaired) electrons. The van der Waals surface area contributed by atoms with E-state index >= 15 is 0 Å². The molecule has 0 aliphatic heterocycles. The molecule has 0 saturated carbocycles. The minimum absolute atomic E-state index is 0.0217. The molecule has 0 aliphatic rings. The molecule has 1 aromatic heterocycles. The number of amides is 1. The predicted octanol–water partition coefficient (Wildman–Crippen LogP) is 3.77. The van der Waals surface area contributed by atoms with E-state index in [4.69, 9.17) is 18.6 Å². The minimum Gasteiger partial charge on any atom is -0.493 e. The summed E-state index contributed by atoms with van der Waals surface area (Å²) >= 11 is 0. The van der Waals surface area contributed by atoms with Crippen LogP contribution in [0.1, 0.15) is 19.8 Å². The Bertz CT molecular complexity index is 1090. The van der Waals surface area contributed by atoms with Crippen molar-refractivity contribution in [2.24, 2.45) is 0 Å². The highest BCUT2D eigenvalue weighted by Gasteiger charge is 2.20. The number of nitrogens with one attached hydrogen (secondary N) is 1. The number of carbonyl (C=O) groups is 1. The van der Waals surface area contributed by atoms with E-state index in [0.717, 1.165) is 12.8 Å². The van der Waals surface area contributed by atoms with Gasteiger partial charge in [0.25, 0.3) is 5.91 Å². The fraction of sp³-hybridized carbons (Fsp3) is 0.304. The van der Waals surface area contributed by atoms with Crippen molar-refractivity contribution < 1.29 is 23.4 Å². The molecule has 7 nitrogen and oxygen atoms in total. The lowest BCUT2D eigenvalue weighted by Crippen LogP contribution is -2.30. The Morgan fingerprint density at radius 1 is 1.07 bits per heavy atom. The van der Waals surface area contributed by atoms with Crippen molar-refractivity contribution in [2.45, 2.75) is 19.8 Å². The first-order chi connectivity index (χ1) is 14.6. The summed E-state index contributed by atoms with van der Waals surface area (Å²) in [5.74, 6) is 0.929. The maximum Gasteiger partial charge on any atom is 0.257 e. The third-order valence-electron chi connectivity index (χ3n) is 4.60. The molecule has 0 fully saturated rings. The number of hydrogen-bond acceptors (Lipinski definition) is 6. The summed E-state index contributed by atoms with van der Waals surface area (Å²) < 4.78 is 22.3. The monoisotopic (exact) mass is 411 g/mol. The molecule has 7 heteroatoms. The zero-order chi connectivity index (χ0) is 21.5. The third-order valence-corrected chi connectivity index (χ3v) is 4.60. The van der Waals surface area contributed by atoms with E-state index in [9.17, 15) is 9.59 Å². The van der Waals surface area contributed by atoms with Crippen molar-refractivity contribution in [3.05, 3.63) is 52.7 Å². The molecule has 0 bridgehead atoms. The number of para-hydroxylation sites is 1. The smallest absolute Gasteiger partial charge is 0.257 e. The van der Waals surface area contributed by atoms with Crippen LogP contribution in [0, 0.1) is 0 Å². The fourth-order valence-corrected chi connectivity index (χ4v) is 3.02. The number of fused-ring (bicyclic) bond motifs is 1. The molecule has 1 heterocycles. The van der Waals surface area contributed by atoms with E-state index in [0.29, 0.717) is 34.6 Å². The average Bonchev–Trinajstić information content (AvgIpc) is 2.78. The van der Waals surface area contributed by atoms with Gasteiger partial charge in [0.05, 0.1) is 19.6 Å². The second kappa shape index (κ2) is 9.82. The number of hydrogen-bond donors (Lipinski definition) is 1. The Hall–Kier alpha value is -3.48. The zero-order valence-corrected chi connectivity index (χ0v) is 17.3. The summed E-state index contributed by atoms with van der Waals surface area (Å²) in [4.78, 5) is 25.2. The van der Waals surface area contributed by atoms with Crippen LogP contribution in [0.2, 0.25) is 0 Å². The first-order valence-corrected chi connectivity index (χ1v) is 9.76. The molecular formula is C23H25NO6. The molecule has 1 N–H and O–H groups in total. The van der Waals surface area contributed by atoms with Gasteiger partial charge in [-0.25, -0.2) is 0 Å². The normalized spacial score (nSPS) is 10.6. The highest BCUT2D eigenvalue weighted by molar-refractivity contribution is 5.83. The van der Waals surface area contributed by atoms with Gasteiger partial charge in [0.15, 0.2) is 23.9 Å². The second-order valence-corrected chi connectivity index (χ2v) is 6.65. The first kappa shape index (κ1) is 21.2. The van der Waals surface area contributed by atoms with Crippen molar-refractivity contribution in [1.82, 2.24) is 5.32 Å². The first-order valence-electron chi connectivity index (χ1n) is 9.76. The summed E-state index contributed by atoms with van der Waals surface area (Å²) in [6.45, 7) is 2.32. The molecule has 1 amide bonds. The molecule has 3 aromatic rings. The van der Waals surface area contributed by atoms with Gasteiger partial charge in [0, 0.05) is 12.1 Å². The van der Waals surface area contributed by atoms with E-state index in [2.05, 4.69) is 5.32 Å². The molecular weight excluding hydrogens is 386 g/mol. The quantitative estimate of drug-likeness (QED) is 0.540. The number of carbonyl (C=O) groups excluding carboxylic acids is 1. The molecule has 158 valence electrons. The highest BCUT2D eigenvalue weighted by Crippen LogP contribution is 2.36. The maximum absolute atomic E-state index is 13.1. The Morgan fingerprint density at radius 3 is 2.57 bits per heavy atom. The standard InChI is InChI=1S/C23H25NO6/c1-4-5-12-24-20(25)14-29-23-21(26)16-8-6-7-9-17(16)30-22(23)15-10-11-18(27-2)19(13-15)28-3/h6-11,13H,4-5,12,14H2,1-3H3,(H,24,25). The Morgan fingerprint density at radius 2 is 1.83 bits per heavy atom. The Labute approximate surface area is 174 Å². The van der Waals surface area contributed by atoms with Gasteiger partial charge in [-0.3, -0.25) is 9.59 Å². The van der Waals surface area contributed by atoms with Gasteiger partial charge >= 0.3 is 0 Å². The highest BCUT2D eigenvalue weighted by atomic mass is 16.5. The minimum atomic E-state index is -0.344. The van der Waals surface area contributed by atoms with Crippen molar-refractivity contribution in [3.8, 4) is 28.6 Å². The van der Waals surface area contributed by atoms with E-state index < -0.39 is 0 Å². The Balaban J connectivity index is 2.03. The van der Waals surface area contributed by atoms with Gasteiger partial charge in [-0.15, -0.1) is 0 Å². The summed E-state index contributed by atoms with van der Waals surface area (Å²) in [7, 11) is 3.07. The Kier molecular flexibility index (Phi) is 6.95. The van der Waals surface area contributed by atoms with Gasteiger partial charge < -0.3 is 23.9 Å². The van der Waals surface area contributed by atoms with Crippen molar-refractivity contribution >= 4 is 16.9 Å². The van der Waals surface area contributed by atoms with E-state index in [-0.39, 0.29) is 29.5 Å². The van der Waals surface area contributed by atoms with Gasteiger partial charge in [-0.05, 0) is 36.8 Å². The molecule has 0 atom stereocenters. The van der Waals surface area contributed by atoms with Crippen LogP contribution in [0.4, 0.5) is 0 Å². The van der Waals surface area contributed by atoms with Crippen LogP contribution in [0.5, 0.6) is 17.2 Å². The van der Waals surface area contributed by atoms with Gasteiger partial charge in [0.2, 0.25) is 11.2 Å². The van der Waals surface area contributed by atoms with Crippen LogP contribution < -0.4 is 25.0 Å². The van der Waals surface area contributed by atoms with Crippen LogP contribution in [0.15, 0.2) is 51.7 Å². The molecule has 0 unspecified atom stereocenters. The van der Waals surface area contributed by atoms with Crippen LogP contribution in [0.3, 0.4) is 0 Å². The lowest BCUT2D eigenvalue weighted by Gasteiger charge is -2.13. The SMILES string of the molecule is CCCCNC(=O)COc1c(-c2ccc(OC)c(OC)c2)oc2ccccc2c1=O. The molecule has 3 rings (SSSR count). The summed E-state index contributed by atoms with van der Waals surface area (Å²) in [6.07, 6.45) is 1.85. The van der Waals surface area contributed by atoms with Gasteiger partial charge in [-0.1, -0.05) is 25.5 Å². The zero-order valence-electron chi connectivity index (χ0n) is 17.3. The van der Waals surface area contributed by atoms with Gasteiger partial charge in [-0.2, -0.15) is 0 Å². The van der Waals surface area contributed by atoms with Crippen LogP contribution in [-0.2, 0) is 4.79 Å². The van der Waals surface area contributed by atoms with Crippen molar-refractivity contribution in [3.63, 3.8) is 0 Å². The second-order valence-electron chi connectivity index (χ2n) is 6.65. The largest absolute Gasteiger partial charge is 0.493 e. The molecule has 2 aromatic carbocycles. The number of rotatable bonds is 9. The maximum atomic E-state index is 13.1. The summed E-state index contributed by atoms with van der Waals surface area (Å²) in [6, 6.07) is 12.0. The van der Waals surface area contributed by atoms with Crippen LogP contribution in [-0.4, -0.2) is 33.3 Å². The van der Waals surface area contributed by atoms with Crippen molar-refractivity contribution in [2.75, 3.05) is 27.4 Å². The third kappa shape index (κ3) is 4.56. The van der Waals surface area contributed by atoms with Gasteiger partial charge in [0.1, 0.15) is 5.58 Å². The predicted molar refractivity (Wildman–Crippen MR) is 114 cm³/mol. The number of ether oxygens (including phenoxy) is 3. The lowest BCUT2D eigenvalue weighted by atomic mass is 10.1. The van der Waals surface area contributed by atoms with Crippen LogP contribution >= 0.6 is 0 Å². The number of benzene rings is 2. The van der Waals surface area contributed by atoms with Crippen molar-refractivity contribution in [1.29, 1.82) is 0 Å². The summed E-state index contributed by atoms with van der Waals surface area (Å²) in [5.41, 5.74) is 0.645. The number of unbranched alkanes of at least 4 members (excludes halogenated alkanes) is 1. The number of methoxy groups -OCH3 is 2. The fourth-order valence-electron chi connectivity index (χ4n) is 3.02. The van der Waals surface area contributed by atoms with E-state index in [1.165, 1.54) is 7.11 Å². The van der Waals surface area contributed by atoms with E-state index in [1.54, 1.807) is 49.6 Å². The molecule has 0 saturated heterocycles. The summed E-state index contributed by atoms with van der Waals surface area (Å²) in [5, 5.41) is 3.15. The van der Waals surface area contributed by atoms with Crippen LogP contribution in [0.25, 0.3) is 22.3 Å². The lowest BCUT2D eigenvalue weighted by molar-refractivity contribution is -0.123. The van der Waals surface area contributed by atoms with E-state index in [1.807, 2.05) is 6.92 Å². The molecule has 30 heavy (non-hydrogen) atoms. The molecule has 0 spiro atoms. The molecule has 0 aliphatic carbocycles.